The quantitative estimate of drug-likeness (QED) is 0.673. The summed E-state index contributed by atoms with van der Waals surface area (Å²) in [7, 11) is 4.20. The Balaban J connectivity index is 1.84. The number of nitrogens with zero attached hydrogens (tertiary/aromatic N) is 2. The van der Waals surface area contributed by atoms with Crippen LogP contribution in [0, 0.1) is 5.82 Å². The van der Waals surface area contributed by atoms with Crippen LogP contribution in [0.2, 0.25) is 0 Å². The van der Waals surface area contributed by atoms with Crippen molar-refractivity contribution < 1.29 is 14.1 Å². The summed E-state index contributed by atoms with van der Waals surface area (Å²) in [4.78, 5) is 21.4. The summed E-state index contributed by atoms with van der Waals surface area (Å²) in [6.45, 7) is 1.60. The van der Waals surface area contributed by atoms with Crippen LogP contribution in [0.4, 0.5) is 9.52 Å². The van der Waals surface area contributed by atoms with Crippen molar-refractivity contribution in [3.8, 4) is 11.3 Å². The van der Waals surface area contributed by atoms with Gasteiger partial charge in [0, 0.05) is 23.9 Å². The topological polar surface area (TPSA) is 37.6 Å². The van der Waals surface area contributed by atoms with Crippen molar-refractivity contribution in [1.29, 1.82) is 0 Å². The largest absolute Gasteiger partial charge is 0.340 e. The van der Waals surface area contributed by atoms with Gasteiger partial charge in [-0.3, -0.25) is 9.69 Å². The number of rotatable bonds is 7. The number of carbonyl (C=O) groups is 1. The number of thiazole rings is 1. The lowest BCUT2D eigenvalue weighted by atomic mass is 10.2. The molecule has 0 spiro atoms. The van der Waals surface area contributed by atoms with Crippen molar-refractivity contribution in [2.75, 3.05) is 32.1 Å². The number of hydrogen-bond acceptors (Lipinski definition) is 4. The smallest absolute Gasteiger partial charge is 0.270 e. The number of hydrogen-bond donors (Lipinski definition) is 1. The SMILES string of the molecule is C[NH+](C)CCCN(C(=O)c1cccs1)c1nc(-c2ccc(F)cc2)cs1. The van der Waals surface area contributed by atoms with E-state index in [9.17, 15) is 9.18 Å². The highest BCUT2D eigenvalue weighted by atomic mass is 32.1. The van der Waals surface area contributed by atoms with E-state index >= 15 is 0 Å². The summed E-state index contributed by atoms with van der Waals surface area (Å²) in [5, 5.41) is 4.49. The highest BCUT2D eigenvalue weighted by Crippen LogP contribution is 2.29. The molecule has 0 atom stereocenters. The average Bonchev–Trinajstić information content (AvgIpc) is 3.30. The number of anilines is 1. The van der Waals surface area contributed by atoms with Crippen LogP contribution < -0.4 is 9.80 Å². The minimum absolute atomic E-state index is 0.0197. The first-order valence-corrected chi connectivity index (χ1v) is 10.2. The Bertz CT molecular complexity index is 844. The van der Waals surface area contributed by atoms with Crippen molar-refractivity contribution in [2.24, 2.45) is 0 Å². The first-order chi connectivity index (χ1) is 12.5. The molecule has 26 heavy (non-hydrogen) atoms. The molecule has 136 valence electrons. The molecule has 0 fully saturated rings. The van der Waals surface area contributed by atoms with Gasteiger partial charge in [-0.1, -0.05) is 6.07 Å². The molecule has 0 saturated heterocycles. The van der Waals surface area contributed by atoms with E-state index in [1.54, 1.807) is 17.0 Å². The van der Waals surface area contributed by atoms with Gasteiger partial charge in [-0.05, 0) is 35.7 Å². The number of carbonyl (C=O) groups excluding carboxylic acids is 1. The third-order valence-corrected chi connectivity index (χ3v) is 5.62. The number of quaternary nitrogens is 1. The molecule has 0 saturated carbocycles. The summed E-state index contributed by atoms with van der Waals surface area (Å²) in [6.07, 6.45) is 0.894. The summed E-state index contributed by atoms with van der Waals surface area (Å²) in [6, 6.07) is 9.97. The van der Waals surface area contributed by atoms with Crippen LogP contribution >= 0.6 is 22.7 Å². The number of benzene rings is 1. The molecule has 3 rings (SSSR count). The van der Waals surface area contributed by atoms with Crippen molar-refractivity contribution in [1.82, 2.24) is 4.98 Å². The van der Waals surface area contributed by atoms with Crippen LogP contribution in [0.25, 0.3) is 11.3 Å². The van der Waals surface area contributed by atoms with Crippen LogP contribution in [0.3, 0.4) is 0 Å². The van der Waals surface area contributed by atoms with Gasteiger partial charge in [0.25, 0.3) is 5.91 Å². The van der Waals surface area contributed by atoms with E-state index in [2.05, 4.69) is 19.1 Å². The molecular weight excluding hydrogens is 369 g/mol. The maximum absolute atomic E-state index is 13.1. The fourth-order valence-corrected chi connectivity index (χ4v) is 4.08. The number of nitrogens with one attached hydrogen (secondary N) is 1. The van der Waals surface area contributed by atoms with E-state index in [0.29, 0.717) is 16.6 Å². The lowest BCUT2D eigenvalue weighted by molar-refractivity contribution is -0.858. The molecule has 1 amide bonds. The molecule has 3 aromatic rings. The number of amides is 1. The second-order valence-corrected chi connectivity index (χ2v) is 8.05. The normalized spacial score (nSPS) is 11.1. The van der Waals surface area contributed by atoms with Gasteiger partial charge >= 0.3 is 0 Å². The van der Waals surface area contributed by atoms with Crippen LogP contribution in [-0.4, -0.2) is 38.1 Å². The fraction of sp³-hybridized carbons (Fsp3) is 0.263. The van der Waals surface area contributed by atoms with Crippen molar-refractivity contribution in [3.63, 3.8) is 0 Å². The minimum Gasteiger partial charge on any atom is -0.340 e. The van der Waals surface area contributed by atoms with Crippen molar-refractivity contribution in [3.05, 3.63) is 57.9 Å². The first kappa shape index (κ1) is 18.7. The Kier molecular flexibility index (Phi) is 6.13. The van der Waals surface area contributed by atoms with E-state index < -0.39 is 0 Å². The van der Waals surface area contributed by atoms with Crippen LogP contribution in [0.5, 0.6) is 0 Å². The zero-order chi connectivity index (χ0) is 18.5. The lowest BCUT2D eigenvalue weighted by Gasteiger charge is -2.19. The van der Waals surface area contributed by atoms with E-state index in [0.717, 1.165) is 24.2 Å². The Labute approximate surface area is 160 Å². The number of halogens is 1. The molecule has 0 unspecified atom stereocenters. The van der Waals surface area contributed by atoms with Gasteiger partial charge < -0.3 is 4.90 Å². The summed E-state index contributed by atoms with van der Waals surface area (Å²) >= 11 is 2.88. The summed E-state index contributed by atoms with van der Waals surface area (Å²) in [5.74, 6) is -0.293. The maximum atomic E-state index is 13.1. The lowest BCUT2D eigenvalue weighted by Crippen LogP contribution is -3.05. The van der Waals surface area contributed by atoms with E-state index in [-0.39, 0.29) is 11.7 Å². The standard InChI is InChI=1S/C19H20FN3OS2/c1-22(2)10-4-11-23(18(24)17-5-3-12-25-17)19-21-16(13-26-19)14-6-8-15(20)9-7-14/h3,5-9,12-13H,4,10-11H2,1-2H3/p+1. The zero-order valence-electron chi connectivity index (χ0n) is 14.7. The fourth-order valence-electron chi connectivity index (χ4n) is 2.55. The van der Waals surface area contributed by atoms with Gasteiger partial charge in [0.1, 0.15) is 5.82 Å². The molecule has 0 aliphatic rings. The van der Waals surface area contributed by atoms with Gasteiger partial charge in [0.2, 0.25) is 0 Å². The number of thiophene rings is 1. The molecule has 4 nitrogen and oxygen atoms in total. The number of aromatic nitrogens is 1. The molecule has 1 aromatic carbocycles. The van der Waals surface area contributed by atoms with E-state index in [1.807, 2.05) is 22.9 Å². The highest BCUT2D eigenvalue weighted by Gasteiger charge is 2.22. The second kappa shape index (κ2) is 8.53. The monoisotopic (exact) mass is 390 g/mol. The minimum atomic E-state index is -0.273. The van der Waals surface area contributed by atoms with Crippen molar-refractivity contribution in [2.45, 2.75) is 6.42 Å². The molecule has 2 aromatic heterocycles. The Morgan fingerprint density at radius 2 is 1.96 bits per heavy atom. The third-order valence-electron chi connectivity index (χ3n) is 3.90. The Hall–Kier alpha value is -2.09. The summed E-state index contributed by atoms with van der Waals surface area (Å²) < 4.78 is 13.1. The predicted octanol–water partition coefficient (Wildman–Crippen LogP) is 3.19. The van der Waals surface area contributed by atoms with Gasteiger partial charge in [-0.15, -0.1) is 22.7 Å². The molecular formula is C19H21FN3OS2+. The molecule has 0 bridgehead atoms. The van der Waals surface area contributed by atoms with Crippen molar-refractivity contribution >= 4 is 33.7 Å². The van der Waals surface area contributed by atoms with Gasteiger partial charge in [-0.25, -0.2) is 9.37 Å². The zero-order valence-corrected chi connectivity index (χ0v) is 16.4. The average molecular weight is 391 g/mol. The molecule has 0 aliphatic carbocycles. The maximum Gasteiger partial charge on any atom is 0.270 e. The van der Waals surface area contributed by atoms with Crippen LogP contribution in [0.1, 0.15) is 16.1 Å². The Morgan fingerprint density at radius 1 is 1.19 bits per heavy atom. The molecule has 2 heterocycles. The van der Waals surface area contributed by atoms with Gasteiger partial charge in [-0.2, -0.15) is 0 Å². The van der Waals surface area contributed by atoms with E-state index in [1.165, 1.54) is 39.7 Å². The molecule has 0 aliphatic heterocycles. The van der Waals surface area contributed by atoms with E-state index in [4.69, 9.17) is 0 Å². The van der Waals surface area contributed by atoms with Crippen LogP contribution in [-0.2, 0) is 0 Å². The molecule has 7 heteroatoms. The second-order valence-electron chi connectivity index (χ2n) is 6.27. The molecule has 1 N–H and O–H groups in total. The van der Waals surface area contributed by atoms with Gasteiger partial charge in [0.05, 0.1) is 31.2 Å². The third kappa shape index (κ3) is 4.55. The Morgan fingerprint density at radius 3 is 2.62 bits per heavy atom. The predicted molar refractivity (Wildman–Crippen MR) is 106 cm³/mol. The van der Waals surface area contributed by atoms with Gasteiger partial charge in [0.15, 0.2) is 5.13 Å². The van der Waals surface area contributed by atoms with Crippen LogP contribution in [0.15, 0.2) is 47.2 Å². The molecule has 0 radical (unpaired) electrons. The summed E-state index contributed by atoms with van der Waals surface area (Å²) in [5.41, 5.74) is 1.60. The first-order valence-electron chi connectivity index (χ1n) is 8.40. The highest BCUT2D eigenvalue weighted by molar-refractivity contribution is 7.14.